The molecule has 6 nitrogen and oxygen atoms in total. The predicted octanol–water partition coefficient (Wildman–Crippen LogP) is 1.43. The highest BCUT2D eigenvalue weighted by Gasteiger charge is 2.24. The van der Waals surface area contributed by atoms with Crippen molar-refractivity contribution in [1.29, 1.82) is 0 Å². The van der Waals surface area contributed by atoms with Crippen molar-refractivity contribution in [2.24, 2.45) is 0 Å². The van der Waals surface area contributed by atoms with Crippen molar-refractivity contribution in [1.82, 2.24) is 9.80 Å². The molecule has 0 radical (unpaired) electrons. The van der Waals surface area contributed by atoms with Crippen LogP contribution in [0.4, 0.5) is 0 Å². The molecule has 0 saturated carbocycles. The molecule has 3 rings (SSSR count). The Bertz CT molecular complexity index is 848. The Morgan fingerprint density at radius 1 is 1.16 bits per heavy atom. The molecule has 1 aromatic heterocycles. The number of piperazine rings is 1. The molecule has 6 heteroatoms. The van der Waals surface area contributed by atoms with E-state index in [1.807, 2.05) is 19.9 Å². The summed E-state index contributed by atoms with van der Waals surface area (Å²) in [7, 11) is 0. The first-order valence-electron chi connectivity index (χ1n) is 8.58. The zero-order chi connectivity index (χ0) is 18.1. The second kappa shape index (κ2) is 6.98. The van der Waals surface area contributed by atoms with E-state index in [2.05, 4.69) is 11.0 Å². The minimum atomic E-state index is -0.958. The second-order valence-corrected chi connectivity index (χ2v) is 6.80. The number of rotatable bonds is 3. The molecule has 1 N–H and O–H groups in total. The van der Waals surface area contributed by atoms with Crippen molar-refractivity contribution >= 4 is 16.9 Å². The fourth-order valence-corrected chi connectivity index (χ4v) is 3.25. The summed E-state index contributed by atoms with van der Waals surface area (Å²) in [6.45, 7) is 8.78. The van der Waals surface area contributed by atoms with Gasteiger partial charge in [-0.05, 0) is 49.6 Å². The molecular weight excluding hydrogens is 320 g/mol. The lowest BCUT2D eigenvalue weighted by molar-refractivity contribution is -0.141. The fourth-order valence-electron chi connectivity index (χ4n) is 3.25. The molecule has 0 spiro atoms. The van der Waals surface area contributed by atoms with Crippen LogP contribution < -0.4 is 5.63 Å². The van der Waals surface area contributed by atoms with Crippen LogP contribution in [0.2, 0.25) is 0 Å². The summed E-state index contributed by atoms with van der Waals surface area (Å²) in [5.41, 5.74) is 3.49. The fraction of sp³-hybridized carbons (Fsp3) is 0.474. The van der Waals surface area contributed by atoms with Crippen LogP contribution in [0, 0.1) is 13.8 Å². The van der Waals surface area contributed by atoms with Crippen molar-refractivity contribution in [2.75, 3.05) is 26.2 Å². The molecule has 1 aliphatic rings. The molecule has 1 unspecified atom stereocenters. The van der Waals surface area contributed by atoms with Crippen LogP contribution in [0.25, 0.3) is 11.0 Å². The number of hydrogen-bond acceptors (Lipinski definition) is 5. The van der Waals surface area contributed by atoms with Gasteiger partial charge in [-0.25, -0.2) is 4.79 Å². The van der Waals surface area contributed by atoms with Crippen LogP contribution in [0.1, 0.15) is 23.6 Å². The number of aliphatic hydroxyl groups excluding tert-OH is 1. The summed E-state index contributed by atoms with van der Waals surface area (Å²) in [4.78, 5) is 27.7. The quantitative estimate of drug-likeness (QED) is 0.853. The Hall–Kier alpha value is -2.18. The van der Waals surface area contributed by atoms with Gasteiger partial charge in [0.05, 0.1) is 0 Å². The molecule has 1 aromatic carbocycles. The monoisotopic (exact) mass is 344 g/mol. The van der Waals surface area contributed by atoms with Crippen molar-refractivity contribution in [3.05, 3.63) is 45.3 Å². The highest BCUT2D eigenvalue weighted by atomic mass is 16.4. The maximum Gasteiger partial charge on any atom is 0.336 e. The first kappa shape index (κ1) is 17.6. The molecule has 1 atom stereocenters. The number of aryl methyl sites for hydroxylation is 2. The molecular formula is C19H24N2O4. The van der Waals surface area contributed by atoms with Crippen LogP contribution >= 0.6 is 0 Å². The number of aliphatic hydroxyl groups is 1. The number of nitrogens with zero attached hydrogens (tertiary/aromatic N) is 2. The molecule has 25 heavy (non-hydrogen) atoms. The Labute approximate surface area is 146 Å². The van der Waals surface area contributed by atoms with Gasteiger partial charge in [0.15, 0.2) is 0 Å². The largest absolute Gasteiger partial charge is 0.423 e. The SMILES string of the molecule is Cc1cc2oc(=O)cc(CN3CCN(C(=O)C(C)O)CC3)c2cc1C. The van der Waals surface area contributed by atoms with E-state index in [-0.39, 0.29) is 11.5 Å². The number of amides is 1. The smallest absolute Gasteiger partial charge is 0.336 e. The number of benzene rings is 1. The van der Waals surface area contributed by atoms with Crippen LogP contribution in [0.15, 0.2) is 27.4 Å². The molecule has 1 fully saturated rings. The summed E-state index contributed by atoms with van der Waals surface area (Å²) in [6, 6.07) is 5.54. The van der Waals surface area contributed by atoms with Gasteiger partial charge in [0.1, 0.15) is 11.7 Å². The van der Waals surface area contributed by atoms with Crippen LogP contribution in [0.5, 0.6) is 0 Å². The lowest BCUT2D eigenvalue weighted by atomic mass is 10.0. The third-order valence-corrected chi connectivity index (χ3v) is 4.88. The van der Waals surface area contributed by atoms with E-state index >= 15 is 0 Å². The zero-order valence-electron chi connectivity index (χ0n) is 14.9. The van der Waals surface area contributed by atoms with Gasteiger partial charge in [-0.15, -0.1) is 0 Å². The number of carbonyl (C=O) groups is 1. The van der Waals surface area contributed by atoms with E-state index in [1.54, 1.807) is 11.0 Å². The van der Waals surface area contributed by atoms with E-state index in [4.69, 9.17) is 4.42 Å². The summed E-state index contributed by atoms with van der Waals surface area (Å²) in [5.74, 6) is -0.225. The van der Waals surface area contributed by atoms with Crippen LogP contribution in [-0.4, -0.2) is 53.1 Å². The average Bonchev–Trinajstić information content (AvgIpc) is 2.56. The molecule has 2 aromatic rings. The minimum absolute atomic E-state index is 0.225. The molecule has 1 saturated heterocycles. The average molecular weight is 344 g/mol. The first-order valence-corrected chi connectivity index (χ1v) is 8.58. The lowest BCUT2D eigenvalue weighted by Gasteiger charge is -2.35. The molecule has 0 bridgehead atoms. The highest BCUT2D eigenvalue weighted by Crippen LogP contribution is 2.23. The Morgan fingerprint density at radius 3 is 2.44 bits per heavy atom. The third kappa shape index (κ3) is 3.75. The molecule has 2 heterocycles. The van der Waals surface area contributed by atoms with Gasteiger partial charge in [0.2, 0.25) is 0 Å². The lowest BCUT2D eigenvalue weighted by Crippen LogP contribution is -2.50. The highest BCUT2D eigenvalue weighted by molar-refractivity contribution is 5.82. The Kier molecular flexibility index (Phi) is 4.92. The maximum absolute atomic E-state index is 11.9. The van der Waals surface area contributed by atoms with Gasteiger partial charge in [-0.2, -0.15) is 0 Å². The third-order valence-electron chi connectivity index (χ3n) is 4.88. The second-order valence-electron chi connectivity index (χ2n) is 6.80. The van der Waals surface area contributed by atoms with Crippen LogP contribution in [-0.2, 0) is 11.3 Å². The molecule has 1 aliphatic heterocycles. The van der Waals surface area contributed by atoms with Gasteiger partial charge in [-0.3, -0.25) is 9.69 Å². The van der Waals surface area contributed by atoms with Gasteiger partial charge in [0.25, 0.3) is 5.91 Å². The summed E-state index contributed by atoms with van der Waals surface area (Å²) >= 11 is 0. The van der Waals surface area contributed by atoms with E-state index in [0.717, 1.165) is 22.1 Å². The summed E-state index contributed by atoms with van der Waals surface area (Å²) in [6.07, 6.45) is -0.958. The van der Waals surface area contributed by atoms with Gasteiger partial charge in [0, 0.05) is 44.2 Å². The normalized spacial score (nSPS) is 17.0. The number of hydrogen-bond donors (Lipinski definition) is 1. The van der Waals surface area contributed by atoms with Crippen LogP contribution in [0.3, 0.4) is 0 Å². The number of carbonyl (C=O) groups excluding carboxylic acids is 1. The van der Waals surface area contributed by atoms with Gasteiger partial charge >= 0.3 is 5.63 Å². The van der Waals surface area contributed by atoms with Crippen molar-refractivity contribution in [2.45, 2.75) is 33.4 Å². The number of fused-ring (bicyclic) bond motifs is 1. The predicted molar refractivity (Wildman–Crippen MR) is 95.5 cm³/mol. The van der Waals surface area contributed by atoms with E-state index in [9.17, 15) is 14.7 Å². The topological polar surface area (TPSA) is 74.0 Å². The van der Waals surface area contributed by atoms with E-state index < -0.39 is 6.10 Å². The van der Waals surface area contributed by atoms with Gasteiger partial charge in [-0.1, -0.05) is 0 Å². The standard InChI is InChI=1S/C19H24N2O4/c1-12-8-16-15(10-18(23)25-17(16)9-13(12)2)11-20-4-6-21(7-5-20)19(24)14(3)22/h8-10,14,22H,4-7,11H2,1-3H3. The van der Waals surface area contributed by atoms with Crippen molar-refractivity contribution in [3.63, 3.8) is 0 Å². The zero-order valence-corrected chi connectivity index (χ0v) is 14.9. The Morgan fingerprint density at radius 2 is 1.80 bits per heavy atom. The molecule has 1 amide bonds. The van der Waals surface area contributed by atoms with Crippen molar-refractivity contribution < 1.29 is 14.3 Å². The maximum atomic E-state index is 11.9. The van der Waals surface area contributed by atoms with Gasteiger partial charge < -0.3 is 14.4 Å². The van der Waals surface area contributed by atoms with E-state index in [1.165, 1.54) is 6.92 Å². The first-order chi connectivity index (χ1) is 11.8. The summed E-state index contributed by atoms with van der Waals surface area (Å²) in [5, 5.41) is 10.4. The van der Waals surface area contributed by atoms with E-state index in [0.29, 0.717) is 38.3 Å². The minimum Gasteiger partial charge on any atom is -0.423 e. The molecule has 0 aliphatic carbocycles. The Balaban J connectivity index is 1.79. The van der Waals surface area contributed by atoms with Crippen molar-refractivity contribution in [3.8, 4) is 0 Å². The summed E-state index contributed by atoms with van der Waals surface area (Å²) < 4.78 is 5.35. The molecule has 134 valence electrons.